The zero-order chi connectivity index (χ0) is 25.7. The minimum atomic E-state index is -0.564. The van der Waals surface area contributed by atoms with E-state index in [1.807, 2.05) is 109 Å². The quantitative estimate of drug-likeness (QED) is 0.178. The number of thioether (sulfide) groups is 2. The molecule has 0 aliphatic heterocycles. The van der Waals surface area contributed by atoms with Crippen LogP contribution in [0.5, 0.6) is 23.0 Å². The molecule has 0 heterocycles. The summed E-state index contributed by atoms with van der Waals surface area (Å²) in [6, 6.07) is 34.5. The van der Waals surface area contributed by atoms with Gasteiger partial charge in [0.05, 0.1) is 12.2 Å². The van der Waals surface area contributed by atoms with Crippen molar-refractivity contribution in [1.29, 1.82) is 0 Å². The van der Waals surface area contributed by atoms with Gasteiger partial charge in [-0.05, 0) is 72.8 Å². The van der Waals surface area contributed by atoms with E-state index in [4.69, 9.17) is 14.2 Å². The lowest BCUT2D eigenvalue weighted by molar-refractivity contribution is 0.126. The Kier molecular flexibility index (Phi) is 10.6. The highest BCUT2D eigenvalue weighted by atomic mass is 32.2. The van der Waals surface area contributed by atoms with Crippen molar-refractivity contribution in [1.82, 2.24) is 0 Å². The predicted molar refractivity (Wildman–Crippen MR) is 150 cm³/mol. The molecular formula is C30H30O5S2. The van der Waals surface area contributed by atoms with Gasteiger partial charge in [0.2, 0.25) is 0 Å². The number of benzene rings is 4. The molecular weight excluding hydrogens is 504 g/mol. The first-order valence-electron chi connectivity index (χ1n) is 12.0. The van der Waals surface area contributed by atoms with Gasteiger partial charge in [-0.1, -0.05) is 36.4 Å². The van der Waals surface area contributed by atoms with Crippen LogP contribution in [-0.4, -0.2) is 47.1 Å². The predicted octanol–water partition coefficient (Wildman–Crippen LogP) is 6.54. The molecule has 0 aromatic heterocycles. The van der Waals surface area contributed by atoms with Crippen LogP contribution in [0, 0.1) is 0 Å². The number of hydrogen-bond donors (Lipinski definition) is 2. The maximum absolute atomic E-state index is 10.2. The molecule has 7 heteroatoms. The van der Waals surface area contributed by atoms with Crippen LogP contribution in [0.25, 0.3) is 0 Å². The zero-order valence-electron chi connectivity index (χ0n) is 20.3. The van der Waals surface area contributed by atoms with Crippen LogP contribution in [0.1, 0.15) is 0 Å². The molecule has 0 saturated carbocycles. The van der Waals surface area contributed by atoms with Crippen molar-refractivity contribution >= 4 is 23.5 Å². The highest BCUT2D eigenvalue weighted by Crippen LogP contribution is 2.26. The number of ether oxygens (including phenoxy) is 3. The van der Waals surface area contributed by atoms with Crippen molar-refractivity contribution in [2.75, 3.05) is 24.7 Å². The Morgan fingerprint density at radius 1 is 0.486 bits per heavy atom. The summed E-state index contributed by atoms with van der Waals surface area (Å²) in [4.78, 5) is 2.25. The number of rotatable bonds is 14. The number of aliphatic hydroxyl groups is 2. The maximum atomic E-state index is 10.2. The molecule has 4 rings (SSSR count). The SMILES string of the molecule is OC(COc1ccc(Oc2ccc(OCC(O)CSc3ccccc3)cc2)cc1)CSc1ccccc1. The van der Waals surface area contributed by atoms with Crippen LogP contribution in [0.15, 0.2) is 119 Å². The minimum absolute atomic E-state index is 0.223. The fourth-order valence-electron chi connectivity index (χ4n) is 3.24. The molecule has 0 spiro atoms. The minimum Gasteiger partial charge on any atom is -0.491 e. The molecule has 0 bridgehead atoms. The molecule has 2 N–H and O–H groups in total. The van der Waals surface area contributed by atoms with E-state index in [1.165, 1.54) is 0 Å². The van der Waals surface area contributed by atoms with Crippen LogP contribution < -0.4 is 14.2 Å². The number of hydrogen-bond acceptors (Lipinski definition) is 7. The van der Waals surface area contributed by atoms with E-state index >= 15 is 0 Å². The topological polar surface area (TPSA) is 68.2 Å². The zero-order valence-corrected chi connectivity index (χ0v) is 21.9. The second-order valence-corrected chi connectivity index (χ2v) is 10.4. The largest absolute Gasteiger partial charge is 0.491 e. The first-order valence-corrected chi connectivity index (χ1v) is 14.0. The molecule has 5 nitrogen and oxygen atoms in total. The molecule has 0 aliphatic rings. The Morgan fingerprint density at radius 2 is 0.838 bits per heavy atom. The molecule has 37 heavy (non-hydrogen) atoms. The van der Waals surface area contributed by atoms with E-state index < -0.39 is 12.2 Å². The monoisotopic (exact) mass is 534 g/mol. The summed E-state index contributed by atoms with van der Waals surface area (Å²) < 4.78 is 17.3. The molecule has 192 valence electrons. The Balaban J connectivity index is 1.15. The van der Waals surface area contributed by atoms with Gasteiger partial charge < -0.3 is 24.4 Å². The summed E-state index contributed by atoms with van der Waals surface area (Å²) >= 11 is 3.20. The second kappa shape index (κ2) is 14.6. The molecule has 0 radical (unpaired) electrons. The summed E-state index contributed by atoms with van der Waals surface area (Å²) in [5.74, 6) is 3.82. The third kappa shape index (κ3) is 9.70. The van der Waals surface area contributed by atoms with Gasteiger partial charge in [0, 0.05) is 21.3 Å². The molecule has 0 saturated heterocycles. The first kappa shape index (κ1) is 26.9. The van der Waals surface area contributed by atoms with Gasteiger partial charge in [-0.15, -0.1) is 23.5 Å². The van der Waals surface area contributed by atoms with Gasteiger partial charge in [0.15, 0.2) is 0 Å². The van der Waals surface area contributed by atoms with E-state index in [-0.39, 0.29) is 13.2 Å². The first-order chi connectivity index (χ1) is 18.1. The van der Waals surface area contributed by atoms with Crippen molar-refractivity contribution < 1.29 is 24.4 Å². The summed E-state index contributed by atoms with van der Waals surface area (Å²) in [6.45, 7) is 0.447. The third-order valence-electron chi connectivity index (χ3n) is 5.14. The van der Waals surface area contributed by atoms with Crippen molar-refractivity contribution in [2.24, 2.45) is 0 Å². The highest BCUT2D eigenvalue weighted by Gasteiger charge is 2.08. The Bertz CT molecular complexity index is 1080. The molecule has 4 aromatic carbocycles. The molecule has 0 amide bonds. The lowest BCUT2D eigenvalue weighted by atomic mass is 10.3. The van der Waals surface area contributed by atoms with Gasteiger partial charge in [-0.25, -0.2) is 0 Å². The van der Waals surface area contributed by atoms with Crippen LogP contribution >= 0.6 is 23.5 Å². The summed E-state index contributed by atoms with van der Waals surface area (Å²) in [5.41, 5.74) is 0. The van der Waals surface area contributed by atoms with Gasteiger partial charge in [-0.2, -0.15) is 0 Å². The van der Waals surface area contributed by atoms with E-state index in [2.05, 4.69) is 0 Å². The maximum Gasteiger partial charge on any atom is 0.127 e. The Hall–Kier alpha value is -3.10. The second-order valence-electron chi connectivity index (χ2n) is 8.22. The van der Waals surface area contributed by atoms with Gasteiger partial charge in [-0.3, -0.25) is 0 Å². The number of aliphatic hydroxyl groups excluding tert-OH is 2. The summed E-state index contributed by atoms with van der Waals surface area (Å²) in [6.07, 6.45) is -1.13. The van der Waals surface area contributed by atoms with Crippen molar-refractivity contribution in [3.8, 4) is 23.0 Å². The smallest absolute Gasteiger partial charge is 0.127 e. The molecule has 2 atom stereocenters. The molecule has 2 unspecified atom stereocenters. The lowest BCUT2D eigenvalue weighted by Gasteiger charge is -2.13. The third-order valence-corrected chi connectivity index (χ3v) is 7.45. The van der Waals surface area contributed by atoms with E-state index in [9.17, 15) is 10.2 Å². The normalized spacial score (nSPS) is 12.5. The summed E-state index contributed by atoms with van der Waals surface area (Å²) in [7, 11) is 0. The molecule has 0 fully saturated rings. The van der Waals surface area contributed by atoms with Gasteiger partial charge in [0.25, 0.3) is 0 Å². The average molecular weight is 535 g/mol. The average Bonchev–Trinajstić information content (AvgIpc) is 2.95. The van der Waals surface area contributed by atoms with Crippen molar-refractivity contribution in [3.05, 3.63) is 109 Å². The molecule has 4 aromatic rings. The highest BCUT2D eigenvalue weighted by molar-refractivity contribution is 7.99. The van der Waals surface area contributed by atoms with Crippen LogP contribution in [0.4, 0.5) is 0 Å². The fourth-order valence-corrected chi connectivity index (χ4v) is 4.90. The van der Waals surface area contributed by atoms with E-state index in [1.54, 1.807) is 23.5 Å². The van der Waals surface area contributed by atoms with Crippen molar-refractivity contribution in [2.45, 2.75) is 22.0 Å². The van der Waals surface area contributed by atoms with Gasteiger partial charge in [0.1, 0.15) is 36.2 Å². The van der Waals surface area contributed by atoms with E-state index in [0.29, 0.717) is 34.5 Å². The van der Waals surface area contributed by atoms with Crippen LogP contribution in [-0.2, 0) is 0 Å². The Labute approximate surface area is 226 Å². The molecule has 0 aliphatic carbocycles. The van der Waals surface area contributed by atoms with Crippen LogP contribution in [0.2, 0.25) is 0 Å². The van der Waals surface area contributed by atoms with Crippen molar-refractivity contribution in [3.63, 3.8) is 0 Å². The standard InChI is InChI=1S/C30H30O5S2/c31-23(21-36-29-7-3-1-4-8-29)19-33-25-11-15-27(16-12-25)35-28-17-13-26(14-18-28)34-20-24(32)22-37-30-9-5-2-6-10-30/h1-18,23-24,31-32H,19-22H2. The summed E-state index contributed by atoms with van der Waals surface area (Å²) in [5, 5.41) is 20.4. The lowest BCUT2D eigenvalue weighted by Crippen LogP contribution is -2.20. The Morgan fingerprint density at radius 3 is 1.22 bits per heavy atom. The van der Waals surface area contributed by atoms with E-state index in [0.717, 1.165) is 9.79 Å². The fraction of sp³-hybridized carbons (Fsp3) is 0.200. The van der Waals surface area contributed by atoms with Gasteiger partial charge >= 0.3 is 0 Å². The van der Waals surface area contributed by atoms with Crippen LogP contribution in [0.3, 0.4) is 0 Å².